The largest absolute Gasteiger partial charge is 0.470 e. The molecule has 0 spiro atoms. The van der Waals surface area contributed by atoms with Gasteiger partial charge in [-0.05, 0) is 55.5 Å². The summed E-state index contributed by atoms with van der Waals surface area (Å²) < 4.78 is 72.6. The number of piperidine rings is 2. The third kappa shape index (κ3) is 4.54. The Kier molecular flexibility index (Phi) is 5.86. The Morgan fingerprint density at radius 2 is 1.83 bits per heavy atom. The predicted molar refractivity (Wildman–Crippen MR) is 113 cm³/mol. The minimum Gasteiger partial charge on any atom is -0.470 e. The lowest BCUT2D eigenvalue weighted by Crippen LogP contribution is -2.59. The van der Waals surface area contributed by atoms with Crippen molar-refractivity contribution in [1.82, 2.24) is 19.9 Å². The summed E-state index contributed by atoms with van der Waals surface area (Å²) in [5.74, 6) is -2.43. The topological polar surface area (TPSA) is 68.2 Å². The van der Waals surface area contributed by atoms with Gasteiger partial charge in [-0.25, -0.2) is 23.7 Å². The monoisotopic (exact) mass is 490 g/mol. The number of pyridine rings is 1. The summed E-state index contributed by atoms with van der Waals surface area (Å²) in [6.07, 6.45) is 0.0229. The third-order valence-electron chi connectivity index (χ3n) is 6.40. The highest BCUT2D eigenvalue weighted by Crippen LogP contribution is 2.39. The number of hydrogen-bond donors (Lipinski definition) is 0. The van der Waals surface area contributed by atoms with E-state index in [1.807, 2.05) is 0 Å². The number of nitrogens with zero attached hydrogens (tertiary/aromatic N) is 4. The van der Waals surface area contributed by atoms with E-state index in [0.717, 1.165) is 6.42 Å². The molecule has 0 N–H and O–H groups in total. The molecule has 1 amide bonds. The fourth-order valence-electron chi connectivity index (χ4n) is 4.78. The molecule has 3 aliphatic rings. The van der Waals surface area contributed by atoms with Gasteiger partial charge in [0.05, 0.1) is 17.2 Å². The van der Waals surface area contributed by atoms with Gasteiger partial charge in [0.2, 0.25) is 0 Å². The summed E-state index contributed by atoms with van der Waals surface area (Å²) >= 11 is 0. The fourth-order valence-corrected chi connectivity index (χ4v) is 4.78. The number of aromatic nitrogens is 3. The molecule has 6 rings (SSSR count). The standard InChI is InChI=1S/C24H19F5N4O2/c25-15-3-4-16(17(10-15)21-30-6-1-7-31-21)23(34)33-12-13-2-5-19(33)20(8-13)35-22-18(26)9-14(11-32-22)24(27,28)29/h1,3-4,6-7,9-11,13,19-20H,2,5,8,12H2. The van der Waals surface area contributed by atoms with Gasteiger partial charge in [0.1, 0.15) is 11.9 Å². The Morgan fingerprint density at radius 3 is 2.51 bits per heavy atom. The summed E-state index contributed by atoms with van der Waals surface area (Å²) in [5.41, 5.74) is -0.760. The Morgan fingerprint density at radius 1 is 1.06 bits per heavy atom. The molecule has 2 saturated heterocycles. The first-order valence-corrected chi connectivity index (χ1v) is 11.0. The van der Waals surface area contributed by atoms with Crippen LogP contribution in [0.25, 0.3) is 11.4 Å². The Bertz CT molecular complexity index is 1250. The zero-order valence-electron chi connectivity index (χ0n) is 18.2. The lowest BCUT2D eigenvalue weighted by Gasteiger charge is -2.49. The molecule has 182 valence electrons. The average molecular weight is 490 g/mol. The van der Waals surface area contributed by atoms with E-state index in [0.29, 0.717) is 31.6 Å². The van der Waals surface area contributed by atoms with E-state index in [1.165, 1.54) is 30.6 Å². The predicted octanol–water partition coefficient (Wildman–Crippen LogP) is 4.91. The van der Waals surface area contributed by atoms with Crippen LogP contribution >= 0.6 is 0 Å². The number of fused-ring (bicyclic) bond motifs is 3. The number of alkyl halides is 3. The fraction of sp³-hybridized carbons (Fsp3) is 0.333. The average Bonchev–Trinajstić information content (AvgIpc) is 2.85. The number of carbonyl (C=O) groups is 1. The molecule has 3 aromatic rings. The molecule has 3 fully saturated rings. The van der Waals surface area contributed by atoms with Crippen molar-refractivity contribution in [3.05, 3.63) is 71.7 Å². The van der Waals surface area contributed by atoms with Crippen LogP contribution in [0.2, 0.25) is 0 Å². The first-order chi connectivity index (χ1) is 16.7. The molecular formula is C24H19F5N4O2. The Labute approximate surface area is 196 Å². The molecule has 11 heteroatoms. The maximum Gasteiger partial charge on any atom is 0.417 e. The van der Waals surface area contributed by atoms with E-state index in [9.17, 15) is 26.7 Å². The van der Waals surface area contributed by atoms with Crippen molar-refractivity contribution in [3.8, 4) is 17.3 Å². The van der Waals surface area contributed by atoms with E-state index < -0.39 is 41.4 Å². The van der Waals surface area contributed by atoms with Crippen molar-refractivity contribution in [2.45, 2.75) is 37.6 Å². The van der Waals surface area contributed by atoms with Gasteiger partial charge in [-0.2, -0.15) is 13.2 Å². The van der Waals surface area contributed by atoms with Crippen LogP contribution in [0.1, 0.15) is 35.2 Å². The second kappa shape index (κ2) is 8.86. The molecule has 35 heavy (non-hydrogen) atoms. The Balaban J connectivity index is 1.42. The van der Waals surface area contributed by atoms with Crippen molar-refractivity contribution in [3.63, 3.8) is 0 Å². The molecule has 1 saturated carbocycles. The summed E-state index contributed by atoms with van der Waals surface area (Å²) in [4.78, 5) is 27.0. The van der Waals surface area contributed by atoms with Crippen LogP contribution in [-0.4, -0.2) is 44.4 Å². The molecule has 1 aliphatic carbocycles. The summed E-state index contributed by atoms with van der Waals surface area (Å²) in [6.45, 7) is 0.429. The number of halogens is 5. The molecule has 2 aromatic heterocycles. The van der Waals surface area contributed by atoms with E-state index in [4.69, 9.17) is 4.74 Å². The molecule has 3 atom stereocenters. The van der Waals surface area contributed by atoms with Gasteiger partial charge in [0, 0.05) is 30.7 Å². The van der Waals surface area contributed by atoms with Gasteiger partial charge in [0.25, 0.3) is 11.8 Å². The molecule has 1 aromatic carbocycles. The quantitative estimate of drug-likeness (QED) is 0.487. The smallest absolute Gasteiger partial charge is 0.417 e. The minimum atomic E-state index is -4.73. The highest BCUT2D eigenvalue weighted by molar-refractivity contribution is 6.00. The minimum absolute atomic E-state index is 0.0586. The third-order valence-corrected chi connectivity index (χ3v) is 6.40. The van der Waals surface area contributed by atoms with Crippen LogP contribution in [0, 0.1) is 17.6 Å². The van der Waals surface area contributed by atoms with E-state index in [2.05, 4.69) is 15.0 Å². The second-order valence-electron chi connectivity index (χ2n) is 8.63. The maximum atomic E-state index is 14.4. The van der Waals surface area contributed by atoms with Gasteiger partial charge in [-0.3, -0.25) is 4.79 Å². The lowest BCUT2D eigenvalue weighted by atomic mass is 9.77. The van der Waals surface area contributed by atoms with Crippen LogP contribution in [0.3, 0.4) is 0 Å². The summed E-state index contributed by atoms with van der Waals surface area (Å²) in [5, 5.41) is 0. The molecule has 0 radical (unpaired) electrons. The van der Waals surface area contributed by atoms with Gasteiger partial charge < -0.3 is 9.64 Å². The SMILES string of the molecule is O=C(c1ccc(F)cc1-c1ncccn1)N1CC2CCC1C(Oc1ncc(C(F)(F)F)cc1F)C2. The molecule has 4 heterocycles. The van der Waals surface area contributed by atoms with Gasteiger partial charge in [0.15, 0.2) is 11.6 Å². The normalized spacial score (nSPS) is 21.7. The van der Waals surface area contributed by atoms with Crippen molar-refractivity contribution >= 4 is 5.91 Å². The molecular weight excluding hydrogens is 471 g/mol. The number of carbonyl (C=O) groups excluding carboxylic acids is 1. The van der Waals surface area contributed by atoms with Gasteiger partial charge in [-0.15, -0.1) is 0 Å². The van der Waals surface area contributed by atoms with Crippen LogP contribution in [-0.2, 0) is 6.18 Å². The van der Waals surface area contributed by atoms with Crippen molar-refractivity contribution in [2.75, 3.05) is 6.54 Å². The second-order valence-corrected chi connectivity index (χ2v) is 8.63. The van der Waals surface area contributed by atoms with Crippen LogP contribution in [0.5, 0.6) is 5.88 Å². The number of hydrogen-bond acceptors (Lipinski definition) is 5. The first kappa shape index (κ1) is 23.1. The number of ether oxygens (including phenoxy) is 1. The number of benzene rings is 1. The van der Waals surface area contributed by atoms with Gasteiger partial charge in [-0.1, -0.05) is 0 Å². The number of amides is 1. The zero-order valence-corrected chi connectivity index (χ0v) is 18.2. The van der Waals surface area contributed by atoms with Crippen LogP contribution in [0.15, 0.2) is 48.9 Å². The summed E-state index contributed by atoms with van der Waals surface area (Å²) in [6, 6.07) is 5.24. The Hall–Kier alpha value is -3.63. The zero-order chi connectivity index (χ0) is 24.7. The first-order valence-electron chi connectivity index (χ1n) is 11.0. The van der Waals surface area contributed by atoms with Crippen molar-refractivity contribution < 1.29 is 31.5 Å². The summed E-state index contributed by atoms with van der Waals surface area (Å²) in [7, 11) is 0. The molecule has 6 nitrogen and oxygen atoms in total. The van der Waals surface area contributed by atoms with Crippen molar-refractivity contribution in [2.24, 2.45) is 5.92 Å². The van der Waals surface area contributed by atoms with Crippen LogP contribution in [0.4, 0.5) is 22.0 Å². The molecule has 2 aliphatic heterocycles. The number of rotatable bonds is 4. The molecule has 3 unspecified atom stereocenters. The maximum absolute atomic E-state index is 14.4. The van der Waals surface area contributed by atoms with E-state index in [1.54, 1.807) is 11.0 Å². The highest BCUT2D eigenvalue weighted by Gasteiger charge is 2.45. The van der Waals surface area contributed by atoms with E-state index in [-0.39, 0.29) is 28.8 Å². The highest BCUT2D eigenvalue weighted by atomic mass is 19.4. The van der Waals surface area contributed by atoms with Crippen molar-refractivity contribution in [1.29, 1.82) is 0 Å². The molecule has 2 bridgehead atoms. The lowest BCUT2D eigenvalue weighted by molar-refractivity contribution is -0.138. The van der Waals surface area contributed by atoms with Crippen LogP contribution < -0.4 is 4.74 Å². The van der Waals surface area contributed by atoms with E-state index >= 15 is 0 Å². The van der Waals surface area contributed by atoms with Gasteiger partial charge >= 0.3 is 6.18 Å².